The first-order chi connectivity index (χ1) is 12.8. The van der Waals surface area contributed by atoms with Crippen molar-refractivity contribution >= 4 is 37.8 Å². The van der Waals surface area contributed by atoms with Gasteiger partial charge in [-0.25, -0.2) is 8.42 Å². The molecule has 150 valence electrons. The van der Waals surface area contributed by atoms with E-state index < -0.39 is 14.8 Å². The summed E-state index contributed by atoms with van der Waals surface area (Å²) >= 11 is 0.948. The van der Waals surface area contributed by atoms with Crippen LogP contribution in [-0.2, 0) is 14.6 Å². The van der Waals surface area contributed by atoms with E-state index in [0.29, 0.717) is 30.9 Å². The van der Waals surface area contributed by atoms with Gasteiger partial charge in [0, 0.05) is 37.4 Å². The second-order valence-electron chi connectivity index (χ2n) is 7.39. The Morgan fingerprint density at radius 2 is 1.85 bits per heavy atom. The molecule has 8 nitrogen and oxygen atoms in total. The molecular formula is C17H25N3O5S2. The third-order valence-corrected chi connectivity index (χ3v) is 8.32. The van der Waals surface area contributed by atoms with Gasteiger partial charge < -0.3 is 10.2 Å². The smallest absolute Gasteiger partial charge is 0.305 e. The van der Waals surface area contributed by atoms with E-state index in [-0.39, 0.29) is 27.8 Å². The lowest BCUT2D eigenvalue weighted by Gasteiger charge is -2.33. The summed E-state index contributed by atoms with van der Waals surface area (Å²) in [7, 11) is -3.49. The fourth-order valence-electron chi connectivity index (χ4n) is 3.80. The molecule has 10 heteroatoms. The molecule has 1 aliphatic carbocycles. The van der Waals surface area contributed by atoms with Gasteiger partial charge in [0.05, 0.1) is 4.92 Å². The number of carbonyl (C=O) groups excluding carboxylic acids is 1. The number of nitro groups is 1. The van der Waals surface area contributed by atoms with Gasteiger partial charge in [0.15, 0.2) is 14.8 Å². The maximum absolute atomic E-state index is 12.4. The molecule has 2 heterocycles. The van der Waals surface area contributed by atoms with Crippen LogP contribution in [0.3, 0.4) is 0 Å². The summed E-state index contributed by atoms with van der Waals surface area (Å²) in [5.74, 6) is 0.252. The first-order valence-electron chi connectivity index (χ1n) is 9.29. The lowest BCUT2D eigenvalue weighted by molar-refractivity contribution is -0.383. The number of hydrogen-bond acceptors (Lipinski definition) is 7. The van der Waals surface area contributed by atoms with E-state index in [0.717, 1.165) is 49.3 Å². The van der Waals surface area contributed by atoms with Gasteiger partial charge in [-0.3, -0.25) is 14.9 Å². The molecule has 1 saturated heterocycles. The topological polar surface area (TPSA) is 110 Å². The molecule has 0 radical (unpaired) electrons. The summed E-state index contributed by atoms with van der Waals surface area (Å²) in [5, 5.41) is 14.8. The molecule has 1 saturated carbocycles. The Balaban J connectivity index is 1.63. The molecule has 1 amide bonds. The summed E-state index contributed by atoms with van der Waals surface area (Å²) in [5.41, 5.74) is -0.162. The van der Waals surface area contributed by atoms with E-state index in [4.69, 9.17) is 0 Å². The van der Waals surface area contributed by atoms with Crippen molar-refractivity contribution in [2.45, 2.75) is 55.2 Å². The van der Waals surface area contributed by atoms with Gasteiger partial charge >= 0.3 is 5.69 Å². The van der Waals surface area contributed by atoms with Crippen molar-refractivity contribution in [3.63, 3.8) is 0 Å². The van der Waals surface area contributed by atoms with Crippen LogP contribution in [0.2, 0.25) is 0 Å². The fourth-order valence-corrected chi connectivity index (χ4v) is 5.88. The van der Waals surface area contributed by atoms with Gasteiger partial charge in [0.1, 0.15) is 4.21 Å². The highest BCUT2D eigenvalue weighted by Crippen LogP contribution is 2.40. The molecular weight excluding hydrogens is 390 g/mol. The van der Waals surface area contributed by atoms with Gasteiger partial charge in [-0.05, 0) is 25.7 Å². The second-order valence-corrected chi connectivity index (χ2v) is 10.7. The number of carbonyl (C=O) groups is 1. The van der Waals surface area contributed by atoms with Crippen molar-refractivity contribution in [3.8, 4) is 0 Å². The average Bonchev–Trinajstić information content (AvgIpc) is 3.09. The summed E-state index contributed by atoms with van der Waals surface area (Å²) in [6, 6.07) is 1.22. The Labute approximate surface area is 163 Å². The van der Waals surface area contributed by atoms with Crippen LogP contribution in [0, 0.1) is 16.0 Å². The third-order valence-electron chi connectivity index (χ3n) is 5.34. The standard InChI is InChI=1S/C17H25N3O5S2/c1-27(24,25)15-11-14(20(22)23)17(26-15)19-9-7-13(8-10-19)18-16(21)12-5-3-2-4-6-12/h11-13H,2-10H2,1H3,(H,18,21). The maximum Gasteiger partial charge on any atom is 0.305 e. The molecule has 3 rings (SSSR count). The Morgan fingerprint density at radius 3 is 2.41 bits per heavy atom. The van der Waals surface area contributed by atoms with Crippen molar-refractivity contribution in [3.05, 3.63) is 16.2 Å². The number of hydrogen-bond donors (Lipinski definition) is 1. The summed E-state index contributed by atoms with van der Waals surface area (Å²) < 4.78 is 23.5. The van der Waals surface area contributed by atoms with Gasteiger partial charge in [-0.2, -0.15) is 0 Å². The van der Waals surface area contributed by atoms with Gasteiger partial charge in [0.25, 0.3) is 0 Å². The normalized spacial score (nSPS) is 19.8. The predicted molar refractivity (Wildman–Crippen MR) is 104 cm³/mol. The SMILES string of the molecule is CS(=O)(=O)c1cc([N+](=O)[O-])c(N2CCC(NC(=O)C3CCCCC3)CC2)s1. The largest absolute Gasteiger partial charge is 0.358 e. The Hall–Kier alpha value is -1.68. The average molecular weight is 416 g/mol. The second kappa shape index (κ2) is 8.14. The quantitative estimate of drug-likeness (QED) is 0.585. The van der Waals surface area contributed by atoms with Crippen molar-refractivity contribution in [1.29, 1.82) is 0 Å². The van der Waals surface area contributed by atoms with Crippen molar-refractivity contribution < 1.29 is 18.1 Å². The maximum atomic E-state index is 12.4. The number of anilines is 1. The molecule has 1 aliphatic heterocycles. The zero-order chi connectivity index (χ0) is 19.6. The number of rotatable bonds is 5. The lowest BCUT2D eigenvalue weighted by atomic mass is 9.88. The van der Waals surface area contributed by atoms with Crippen LogP contribution in [0.25, 0.3) is 0 Å². The van der Waals surface area contributed by atoms with Crippen LogP contribution in [0.1, 0.15) is 44.9 Å². The zero-order valence-electron chi connectivity index (χ0n) is 15.3. The predicted octanol–water partition coefficient (Wildman–Crippen LogP) is 2.73. The Bertz CT molecular complexity index is 807. The van der Waals surface area contributed by atoms with E-state index in [1.807, 2.05) is 4.90 Å². The van der Waals surface area contributed by atoms with Crippen molar-refractivity contribution in [1.82, 2.24) is 5.32 Å². The number of amides is 1. The Morgan fingerprint density at radius 1 is 1.22 bits per heavy atom. The van der Waals surface area contributed by atoms with Crippen LogP contribution in [0.15, 0.2) is 10.3 Å². The molecule has 0 spiro atoms. The Kier molecular flexibility index (Phi) is 6.05. The molecule has 0 bridgehead atoms. The first-order valence-corrected chi connectivity index (χ1v) is 12.0. The lowest BCUT2D eigenvalue weighted by Crippen LogP contribution is -2.46. The van der Waals surface area contributed by atoms with E-state index >= 15 is 0 Å². The third kappa shape index (κ3) is 4.78. The van der Waals surface area contributed by atoms with E-state index in [2.05, 4.69) is 5.32 Å². The molecule has 2 aliphatic rings. The van der Waals surface area contributed by atoms with E-state index in [1.54, 1.807) is 0 Å². The summed E-state index contributed by atoms with van der Waals surface area (Å²) in [4.78, 5) is 25.1. The summed E-state index contributed by atoms with van der Waals surface area (Å²) in [6.45, 7) is 1.11. The number of nitrogens with zero attached hydrogens (tertiary/aromatic N) is 2. The van der Waals surface area contributed by atoms with Crippen LogP contribution in [0.5, 0.6) is 0 Å². The minimum atomic E-state index is -3.49. The molecule has 1 aromatic rings. The zero-order valence-corrected chi connectivity index (χ0v) is 17.0. The van der Waals surface area contributed by atoms with Crippen LogP contribution >= 0.6 is 11.3 Å². The minimum Gasteiger partial charge on any atom is -0.358 e. The molecule has 1 aromatic heterocycles. The monoisotopic (exact) mass is 415 g/mol. The molecule has 27 heavy (non-hydrogen) atoms. The number of piperidine rings is 1. The van der Waals surface area contributed by atoms with E-state index in [9.17, 15) is 23.3 Å². The minimum absolute atomic E-state index is 0.0110. The van der Waals surface area contributed by atoms with Gasteiger partial charge in [-0.1, -0.05) is 30.6 Å². The van der Waals surface area contributed by atoms with Crippen LogP contribution in [0.4, 0.5) is 10.7 Å². The number of sulfone groups is 1. The highest BCUT2D eigenvalue weighted by Gasteiger charge is 2.31. The molecule has 0 aromatic carbocycles. The van der Waals surface area contributed by atoms with Crippen molar-refractivity contribution in [2.75, 3.05) is 24.2 Å². The van der Waals surface area contributed by atoms with Gasteiger partial charge in [-0.15, -0.1) is 0 Å². The van der Waals surface area contributed by atoms with Crippen LogP contribution < -0.4 is 10.2 Å². The summed E-state index contributed by atoms with van der Waals surface area (Å²) in [6.07, 6.45) is 7.79. The highest BCUT2D eigenvalue weighted by molar-refractivity contribution is 7.92. The molecule has 0 atom stereocenters. The first kappa shape index (κ1) is 20.1. The van der Waals surface area contributed by atoms with Crippen molar-refractivity contribution in [2.24, 2.45) is 5.92 Å². The number of nitrogens with one attached hydrogen (secondary N) is 1. The fraction of sp³-hybridized carbons (Fsp3) is 0.706. The molecule has 0 unspecified atom stereocenters. The number of thiophene rings is 1. The van der Waals surface area contributed by atoms with Crippen LogP contribution in [-0.4, -0.2) is 44.6 Å². The molecule has 1 N–H and O–H groups in total. The van der Waals surface area contributed by atoms with E-state index in [1.165, 1.54) is 6.42 Å². The van der Waals surface area contributed by atoms with Gasteiger partial charge in [0.2, 0.25) is 5.91 Å². The molecule has 2 fully saturated rings. The highest BCUT2D eigenvalue weighted by atomic mass is 32.2.